The molecule has 0 unspecified atom stereocenters. The van der Waals surface area contributed by atoms with Crippen molar-refractivity contribution >= 4 is 63.6 Å². The topological polar surface area (TPSA) is 181 Å². The van der Waals surface area contributed by atoms with Gasteiger partial charge in [0.1, 0.15) is 12.4 Å². The molecule has 6 aliphatic rings. The number of nitrogens with one attached hydrogen (secondary N) is 3. The molecule has 1 atom stereocenters. The minimum absolute atomic E-state index is 0.0525. The largest absolute Gasteiger partial charge is 0.371 e. The fraction of sp³-hybridized carbons (Fsp3) is 0.451. The fourth-order valence-electron chi connectivity index (χ4n) is 11.1. The molecule has 0 bridgehead atoms. The van der Waals surface area contributed by atoms with E-state index in [2.05, 4.69) is 74.4 Å². The average molecular weight is 919 g/mol. The minimum Gasteiger partial charge on any atom is -0.371 e. The van der Waals surface area contributed by atoms with Gasteiger partial charge in [-0.15, -0.1) is 0 Å². The lowest BCUT2D eigenvalue weighted by Gasteiger charge is -2.44. The highest BCUT2D eigenvalue weighted by molar-refractivity contribution is 6.23. The zero-order valence-electron chi connectivity index (χ0n) is 38.3. The molecular weight excluding hydrogens is 861 g/mol. The molecule has 68 heavy (non-hydrogen) atoms. The van der Waals surface area contributed by atoms with Gasteiger partial charge in [-0.25, -0.2) is 15.0 Å². The lowest BCUT2D eigenvalue weighted by atomic mass is 9.86. The molecular formula is C51H58N12O5. The van der Waals surface area contributed by atoms with Gasteiger partial charge >= 0.3 is 0 Å². The van der Waals surface area contributed by atoms with Gasteiger partial charge in [-0.1, -0.05) is 30.3 Å². The number of carbonyl (C=O) groups is 5. The van der Waals surface area contributed by atoms with Crippen molar-refractivity contribution in [2.75, 3.05) is 80.6 Å². The van der Waals surface area contributed by atoms with Crippen molar-refractivity contribution in [3.05, 3.63) is 102 Å². The van der Waals surface area contributed by atoms with E-state index in [9.17, 15) is 24.0 Å². The van der Waals surface area contributed by atoms with Crippen LogP contribution in [0.15, 0.2) is 85.5 Å². The second kappa shape index (κ2) is 18.8. The molecule has 3 aromatic carbocycles. The molecule has 0 radical (unpaired) electrons. The highest BCUT2D eigenvalue weighted by atomic mass is 16.2. The molecule has 5 amide bonds. The van der Waals surface area contributed by atoms with Gasteiger partial charge < -0.3 is 29.9 Å². The number of benzene rings is 3. The third-order valence-corrected chi connectivity index (χ3v) is 15.1. The number of rotatable bonds is 14. The number of carbonyl (C=O) groups excluding carboxylic acids is 5. The second-order valence-corrected chi connectivity index (χ2v) is 19.6. The molecule has 11 rings (SSSR count). The van der Waals surface area contributed by atoms with Crippen molar-refractivity contribution in [3.63, 3.8) is 0 Å². The summed E-state index contributed by atoms with van der Waals surface area (Å²) in [5.74, 6) is 0.141. The zero-order valence-corrected chi connectivity index (χ0v) is 38.3. The summed E-state index contributed by atoms with van der Waals surface area (Å²) in [4.78, 5) is 87.9. The van der Waals surface area contributed by atoms with Crippen LogP contribution in [0.3, 0.4) is 0 Å². The smallest absolute Gasteiger partial charge is 0.262 e. The second-order valence-electron chi connectivity index (χ2n) is 19.6. The number of nitrogens with zero attached hydrogens (tertiary/aromatic N) is 9. The van der Waals surface area contributed by atoms with Crippen LogP contribution >= 0.6 is 0 Å². The molecule has 17 heteroatoms. The molecule has 17 nitrogen and oxygen atoms in total. The number of imide groups is 2. The number of amides is 5. The van der Waals surface area contributed by atoms with E-state index in [0.717, 1.165) is 117 Å². The Bertz CT molecular complexity index is 2700. The van der Waals surface area contributed by atoms with Gasteiger partial charge in [0.05, 0.1) is 23.9 Å². The Labute approximate surface area is 395 Å². The van der Waals surface area contributed by atoms with E-state index >= 15 is 0 Å². The van der Waals surface area contributed by atoms with E-state index in [1.54, 1.807) is 18.5 Å². The third kappa shape index (κ3) is 9.04. The van der Waals surface area contributed by atoms with Crippen LogP contribution in [0, 0.1) is 11.8 Å². The van der Waals surface area contributed by atoms with Crippen molar-refractivity contribution in [2.45, 2.75) is 69.5 Å². The summed E-state index contributed by atoms with van der Waals surface area (Å²) >= 11 is 0. The number of hydrogen-bond donors (Lipinski definition) is 3. The first kappa shape index (κ1) is 43.8. The molecule has 352 valence electrons. The summed E-state index contributed by atoms with van der Waals surface area (Å²) in [6.07, 6.45) is 9.48. The summed E-state index contributed by atoms with van der Waals surface area (Å²) in [5.41, 5.74) is 6.28. The maximum absolute atomic E-state index is 13.3. The first-order chi connectivity index (χ1) is 33.2. The quantitative estimate of drug-likeness (QED) is 0.134. The standard InChI is InChI=1S/C51H58N12O5/c64-44-13-12-43(49(66)57-44)63-50(67)41-11-10-39(27-42(41)51(63)68)61-29-35(30-61)28-59-18-15-33(16-19-59)14-17-58-20-22-60(23-21-58)38-8-6-36(7-9-38)56-47-46-48(53-31-52-47)62(32-54-46)40-25-37(26-40)55-45(65)24-34-4-2-1-3-5-34/h1-11,27,31-33,35,37,40,43H,12-26,28-30H2,(H,55,65)(H,52,53,56)(H,57,64,66)/t37?,40?,43-/m0/s1. The molecule has 5 fully saturated rings. The van der Waals surface area contributed by atoms with Crippen LogP contribution < -0.4 is 25.8 Å². The van der Waals surface area contributed by atoms with Crippen molar-refractivity contribution in [1.29, 1.82) is 0 Å². The SMILES string of the molecule is O=C1CC[C@H](N2C(=O)c3ccc(N4CC(CN5CCC(CCN6CCN(c7ccc(Nc8ncnc9c8ncn9C8CC(NC(=O)Cc9ccccc9)C8)cc7)CC6)CC5)C4)cc3C2=O)C(=O)N1. The lowest BCUT2D eigenvalue weighted by Crippen LogP contribution is -2.54. The number of imidazole rings is 1. The van der Waals surface area contributed by atoms with Crippen molar-refractivity contribution in [2.24, 2.45) is 11.8 Å². The molecule has 3 N–H and O–H groups in total. The number of piperidine rings is 2. The van der Waals surface area contributed by atoms with Gasteiger partial charge in [0, 0.05) is 87.3 Å². The van der Waals surface area contributed by atoms with Crippen LogP contribution in [0.1, 0.15) is 77.3 Å². The van der Waals surface area contributed by atoms with Gasteiger partial charge in [0.15, 0.2) is 17.0 Å². The number of piperazine rings is 1. The van der Waals surface area contributed by atoms with E-state index in [-0.39, 0.29) is 36.7 Å². The summed E-state index contributed by atoms with van der Waals surface area (Å²) < 4.78 is 2.11. The Morgan fingerprint density at radius 1 is 0.735 bits per heavy atom. The van der Waals surface area contributed by atoms with E-state index in [4.69, 9.17) is 4.98 Å². The summed E-state index contributed by atoms with van der Waals surface area (Å²) in [5, 5.41) is 8.91. The predicted molar refractivity (Wildman–Crippen MR) is 257 cm³/mol. The van der Waals surface area contributed by atoms with Gasteiger partial charge in [-0.3, -0.25) is 39.1 Å². The Kier molecular flexibility index (Phi) is 12.1. The molecule has 1 saturated carbocycles. The molecule has 4 saturated heterocycles. The maximum atomic E-state index is 13.3. The normalized spacial score (nSPS) is 22.8. The average Bonchev–Trinajstić information content (AvgIpc) is 3.86. The number of anilines is 4. The highest BCUT2D eigenvalue weighted by Gasteiger charge is 2.45. The molecule has 0 spiro atoms. The van der Waals surface area contributed by atoms with E-state index in [0.29, 0.717) is 29.3 Å². The third-order valence-electron chi connectivity index (χ3n) is 15.1. The van der Waals surface area contributed by atoms with Crippen molar-refractivity contribution in [1.82, 2.24) is 44.9 Å². The Morgan fingerprint density at radius 3 is 2.25 bits per heavy atom. The first-order valence-corrected chi connectivity index (χ1v) is 24.4. The van der Waals surface area contributed by atoms with Gasteiger partial charge in [-0.05, 0) is 112 Å². The summed E-state index contributed by atoms with van der Waals surface area (Å²) in [7, 11) is 0. The molecule has 1 aliphatic carbocycles. The van der Waals surface area contributed by atoms with Crippen molar-refractivity contribution in [3.8, 4) is 0 Å². The summed E-state index contributed by atoms with van der Waals surface area (Å²) in [6, 6.07) is 23.2. The van der Waals surface area contributed by atoms with Crippen LogP contribution in [0.2, 0.25) is 0 Å². The zero-order chi connectivity index (χ0) is 46.3. The van der Waals surface area contributed by atoms with E-state index in [1.807, 2.05) is 42.7 Å². The van der Waals surface area contributed by atoms with Crippen molar-refractivity contribution < 1.29 is 24.0 Å². The monoisotopic (exact) mass is 918 g/mol. The molecule has 7 heterocycles. The van der Waals surface area contributed by atoms with Crippen LogP contribution in [-0.4, -0.2) is 141 Å². The highest BCUT2D eigenvalue weighted by Crippen LogP contribution is 2.37. The number of aromatic nitrogens is 4. The molecule has 2 aromatic heterocycles. The van der Waals surface area contributed by atoms with Crippen LogP contribution in [0.5, 0.6) is 0 Å². The number of fused-ring (bicyclic) bond motifs is 2. The summed E-state index contributed by atoms with van der Waals surface area (Å²) in [6.45, 7) is 10.4. The number of likely N-dealkylation sites (tertiary alicyclic amines) is 1. The maximum Gasteiger partial charge on any atom is 0.262 e. The van der Waals surface area contributed by atoms with Gasteiger partial charge in [0.2, 0.25) is 17.7 Å². The lowest BCUT2D eigenvalue weighted by molar-refractivity contribution is -0.136. The Hall–Kier alpha value is -6.72. The van der Waals surface area contributed by atoms with E-state index in [1.165, 1.54) is 24.9 Å². The van der Waals surface area contributed by atoms with E-state index < -0.39 is 23.8 Å². The molecule has 5 aliphatic heterocycles. The molecule has 5 aromatic rings. The minimum atomic E-state index is -0.954. The Morgan fingerprint density at radius 2 is 1.49 bits per heavy atom. The van der Waals surface area contributed by atoms with Crippen LogP contribution in [-0.2, 0) is 20.8 Å². The van der Waals surface area contributed by atoms with Gasteiger partial charge in [0.25, 0.3) is 11.8 Å². The van der Waals surface area contributed by atoms with Crippen LogP contribution in [0.25, 0.3) is 11.2 Å². The predicted octanol–water partition coefficient (Wildman–Crippen LogP) is 4.39. The first-order valence-electron chi connectivity index (χ1n) is 24.4. The fourth-order valence-corrected chi connectivity index (χ4v) is 11.1. The van der Waals surface area contributed by atoms with Crippen LogP contribution in [0.4, 0.5) is 22.9 Å². The van der Waals surface area contributed by atoms with Gasteiger partial charge in [-0.2, -0.15) is 0 Å². The Balaban J connectivity index is 0.580. The number of hydrogen-bond acceptors (Lipinski definition) is 13.